The van der Waals surface area contributed by atoms with Crippen molar-refractivity contribution in [3.05, 3.63) is 24.3 Å². The second-order valence-corrected chi connectivity index (χ2v) is 8.68. The van der Waals surface area contributed by atoms with Crippen LogP contribution in [0.5, 0.6) is 0 Å². The van der Waals surface area contributed by atoms with Crippen molar-refractivity contribution in [2.75, 3.05) is 0 Å². The van der Waals surface area contributed by atoms with Crippen LogP contribution >= 0.6 is 0 Å². The van der Waals surface area contributed by atoms with Gasteiger partial charge in [-0.05, 0) is 72.2 Å². The van der Waals surface area contributed by atoms with E-state index in [1.54, 1.807) is 0 Å². The van der Waals surface area contributed by atoms with Crippen LogP contribution in [-0.2, 0) is 0 Å². The predicted molar refractivity (Wildman–Crippen MR) is 87.5 cm³/mol. The Morgan fingerprint density at radius 2 is 1.95 bits per heavy atom. The lowest BCUT2D eigenvalue weighted by Crippen LogP contribution is -2.53. The van der Waals surface area contributed by atoms with Gasteiger partial charge in [0.2, 0.25) is 0 Å². The molecule has 3 rings (SSSR count). The van der Waals surface area contributed by atoms with E-state index in [0.29, 0.717) is 10.8 Å². The van der Waals surface area contributed by atoms with Gasteiger partial charge in [0.1, 0.15) is 0 Å². The molecule has 0 radical (unpaired) electrons. The molecule has 0 bridgehead atoms. The lowest BCUT2D eigenvalue weighted by molar-refractivity contribution is -0.105. The molecule has 0 heterocycles. The quantitative estimate of drug-likeness (QED) is 0.549. The van der Waals surface area contributed by atoms with Crippen LogP contribution in [0.1, 0.15) is 66.2 Å². The molecule has 0 aliphatic heterocycles. The topological polar surface area (TPSA) is 0 Å². The second kappa shape index (κ2) is 4.75. The highest BCUT2D eigenvalue weighted by molar-refractivity contribution is 5.25. The molecule has 2 saturated carbocycles. The van der Waals surface area contributed by atoms with Crippen molar-refractivity contribution >= 4 is 0 Å². The highest BCUT2D eigenvalue weighted by atomic mass is 14.6. The summed E-state index contributed by atoms with van der Waals surface area (Å²) in [5.74, 6) is 3.49. The van der Waals surface area contributed by atoms with E-state index >= 15 is 0 Å². The van der Waals surface area contributed by atoms with Crippen molar-refractivity contribution in [2.45, 2.75) is 66.2 Å². The van der Waals surface area contributed by atoms with E-state index in [2.05, 4.69) is 46.4 Å². The number of hydrogen-bond acceptors (Lipinski definition) is 0. The second-order valence-electron chi connectivity index (χ2n) is 8.68. The summed E-state index contributed by atoms with van der Waals surface area (Å²) in [6.07, 6.45) is 13.2. The third kappa shape index (κ3) is 1.94. The molecule has 0 saturated heterocycles. The minimum absolute atomic E-state index is 0.559. The predicted octanol–water partition coefficient (Wildman–Crippen LogP) is 6.00. The molecule has 0 nitrogen and oxygen atoms in total. The number of hydrogen-bond donors (Lipinski definition) is 0. The van der Waals surface area contributed by atoms with Crippen molar-refractivity contribution in [3.63, 3.8) is 0 Å². The molecule has 0 amide bonds. The molecule has 2 fully saturated rings. The Balaban J connectivity index is 1.95. The first kappa shape index (κ1) is 14.4. The molecule has 0 heteroatoms. The highest BCUT2D eigenvalue weighted by Gasteiger charge is 2.55. The van der Waals surface area contributed by atoms with Gasteiger partial charge in [-0.2, -0.15) is 0 Å². The maximum Gasteiger partial charge on any atom is -0.0162 e. The minimum atomic E-state index is 0.559. The maximum atomic E-state index is 4.03. The van der Waals surface area contributed by atoms with Crippen LogP contribution in [0.4, 0.5) is 0 Å². The summed E-state index contributed by atoms with van der Waals surface area (Å²) < 4.78 is 0. The first-order valence-electron chi connectivity index (χ1n) is 8.72. The van der Waals surface area contributed by atoms with E-state index in [0.717, 1.165) is 23.7 Å². The fourth-order valence-corrected chi connectivity index (χ4v) is 6.39. The zero-order valence-electron chi connectivity index (χ0n) is 13.9. The maximum absolute atomic E-state index is 4.03. The normalized spacial score (nSPS) is 46.9. The molecule has 0 aromatic rings. The SMILES string of the molecule is C=CC1=CCC2C(CCC3C(C)(C)CCCC23C)C1C. The summed E-state index contributed by atoms with van der Waals surface area (Å²) in [5, 5.41) is 0. The third-order valence-corrected chi connectivity index (χ3v) is 7.44. The molecular weight excluding hydrogens is 240 g/mol. The van der Waals surface area contributed by atoms with Crippen LogP contribution in [0.15, 0.2) is 24.3 Å². The summed E-state index contributed by atoms with van der Waals surface area (Å²) in [7, 11) is 0. The molecule has 0 aromatic heterocycles. The smallest absolute Gasteiger partial charge is 0.0162 e. The van der Waals surface area contributed by atoms with Crippen molar-refractivity contribution in [3.8, 4) is 0 Å². The van der Waals surface area contributed by atoms with Gasteiger partial charge in [0.25, 0.3) is 0 Å². The van der Waals surface area contributed by atoms with Gasteiger partial charge in [0.15, 0.2) is 0 Å². The molecule has 0 aromatic carbocycles. The first-order valence-corrected chi connectivity index (χ1v) is 8.72. The van der Waals surface area contributed by atoms with Gasteiger partial charge in [-0.1, -0.05) is 52.8 Å². The van der Waals surface area contributed by atoms with Gasteiger partial charge in [-0.15, -0.1) is 0 Å². The van der Waals surface area contributed by atoms with Crippen LogP contribution in [-0.4, -0.2) is 0 Å². The van der Waals surface area contributed by atoms with Crippen molar-refractivity contribution < 1.29 is 0 Å². The van der Waals surface area contributed by atoms with Gasteiger partial charge in [-0.25, -0.2) is 0 Å². The summed E-state index contributed by atoms with van der Waals surface area (Å²) in [6, 6.07) is 0. The number of fused-ring (bicyclic) bond motifs is 3. The fourth-order valence-electron chi connectivity index (χ4n) is 6.39. The summed E-state index contributed by atoms with van der Waals surface area (Å²) in [6.45, 7) is 14.2. The Kier molecular flexibility index (Phi) is 3.42. The van der Waals surface area contributed by atoms with Crippen molar-refractivity contribution in [2.24, 2.45) is 34.5 Å². The first-order chi connectivity index (χ1) is 9.40. The molecule has 5 unspecified atom stereocenters. The number of rotatable bonds is 1. The van der Waals surface area contributed by atoms with Crippen molar-refractivity contribution in [1.82, 2.24) is 0 Å². The summed E-state index contributed by atoms with van der Waals surface area (Å²) in [4.78, 5) is 0. The van der Waals surface area contributed by atoms with Gasteiger partial charge in [-0.3, -0.25) is 0 Å². The molecule has 3 aliphatic carbocycles. The molecule has 0 spiro atoms. The standard InChI is InChI=1S/C20H32/c1-6-15-8-10-17-16(14(15)2)9-11-18-19(3,4)12-7-13-20(17,18)5/h6,8,14,16-18H,1,7,9-13H2,2-5H3. The van der Waals surface area contributed by atoms with Crippen LogP contribution in [0.3, 0.4) is 0 Å². The Hall–Kier alpha value is -0.520. The average Bonchev–Trinajstić information content (AvgIpc) is 2.38. The lowest BCUT2D eigenvalue weighted by Gasteiger charge is -2.61. The Morgan fingerprint density at radius 3 is 2.65 bits per heavy atom. The zero-order valence-corrected chi connectivity index (χ0v) is 13.9. The summed E-state index contributed by atoms with van der Waals surface area (Å²) >= 11 is 0. The van der Waals surface area contributed by atoms with Gasteiger partial charge < -0.3 is 0 Å². The fraction of sp³-hybridized carbons (Fsp3) is 0.800. The molecule has 5 atom stereocenters. The van der Waals surface area contributed by atoms with Gasteiger partial charge in [0, 0.05) is 0 Å². The monoisotopic (exact) mass is 272 g/mol. The molecule has 20 heavy (non-hydrogen) atoms. The molecule has 3 aliphatic rings. The van der Waals surface area contributed by atoms with E-state index in [9.17, 15) is 0 Å². The van der Waals surface area contributed by atoms with Gasteiger partial charge in [0.05, 0.1) is 0 Å². The van der Waals surface area contributed by atoms with Crippen LogP contribution < -0.4 is 0 Å². The van der Waals surface area contributed by atoms with E-state index < -0.39 is 0 Å². The van der Waals surface area contributed by atoms with E-state index in [1.165, 1.54) is 44.1 Å². The lowest BCUT2D eigenvalue weighted by atomic mass is 9.44. The minimum Gasteiger partial charge on any atom is -0.0988 e. The largest absolute Gasteiger partial charge is 0.0988 e. The molecule has 112 valence electrons. The van der Waals surface area contributed by atoms with Crippen LogP contribution in [0.2, 0.25) is 0 Å². The Morgan fingerprint density at radius 1 is 1.20 bits per heavy atom. The van der Waals surface area contributed by atoms with Gasteiger partial charge >= 0.3 is 0 Å². The molecule has 0 N–H and O–H groups in total. The van der Waals surface area contributed by atoms with Crippen molar-refractivity contribution in [1.29, 1.82) is 0 Å². The van der Waals surface area contributed by atoms with E-state index in [-0.39, 0.29) is 0 Å². The Bertz CT molecular complexity index is 427. The zero-order chi connectivity index (χ0) is 14.5. The number of allylic oxidation sites excluding steroid dienone is 3. The average molecular weight is 272 g/mol. The van der Waals surface area contributed by atoms with Crippen LogP contribution in [0.25, 0.3) is 0 Å². The molecular formula is C20H32. The van der Waals surface area contributed by atoms with E-state index in [1.807, 2.05) is 0 Å². The highest BCUT2D eigenvalue weighted by Crippen LogP contribution is 2.64. The van der Waals surface area contributed by atoms with Crippen LogP contribution in [0, 0.1) is 34.5 Å². The Labute approximate surface area is 125 Å². The third-order valence-electron chi connectivity index (χ3n) is 7.44. The summed E-state index contributed by atoms with van der Waals surface area (Å²) in [5.41, 5.74) is 2.66. The van der Waals surface area contributed by atoms with E-state index in [4.69, 9.17) is 0 Å².